The molecule has 4 nitrogen and oxygen atoms in total. The number of amides is 1. The number of benzene rings is 1. The maximum absolute atomic E-state index is 12.6. The topological polar surface area (TPSA) is 57.6 Å². The zero-order chi connectivity index (χ0) is 15.4. The second-order valence-corrected chi connectivity index (χ2v) is 7.39. The molecule has 0 aliphatic carbocycles. The van der Waals surface area contributed by atoms with Crippen molar-refractivity contribution in [2.45, 2.75) is 6.42 Å². The number of nitrogens with zero attached hydrogens (tertiary/aromatic N) is 1. The predicted molar refractivity (Wildman–Crippen MR) is 90.1 cm³/mol. The molecule has 0 unspecified atom stereocenters. The molecular formula is C14H11Br2NO3S. The van der Waals surface area contributed by atoms with E-state index in [4.69, 9.17) is 5.11 Å². The van der Waals surface area contributed by atoms with Gasteiger partial charge in [-0.1, -0.05) is 18.2 Å². The number of para-hydroxylation sites is 1. The highest BCUT2D eigenvalue weighted by Gasteiger charge is 2.21. The lowest BCUT2D eigenvalue weighted by Crippen LogP contribution is -2.32. The number of carbonyl (C=O) groups excluding carboxylic acids is 1. The Labute approximate surface area is 142 Å². The molecule has 0 spiro atoms. The first kappa shape index (κ1) is 16.2. The van der Waals surface area contributed by atoms with Crippen molar-refractivity contribution in [1.29, 1.82) is 0 Å². The summed E-state index contributed by atoms with van der Waals surface area (Å²) in [6, 6.07) is 10.8. The molecule has 1 N–H and O–H groups in total. The minimum atomic E-state index is -0.933. The third-order valence-corrected chi connectivity index (χ3v) is 5.96. The van der Waals surface area contributed by atoms with Gasteiger partial charge in [0.2, 0.25) is 0 Å². The molecule has 21 heavy (non-hydrogen) atoms. The maximum Gasteiger partial charge on any atom is 0.305 e. The van der Waals surface area contributed by atoms with Gasteiger partial charge >= 0.3 is 5.97 Å². The molecule has 0 radical (unpaired) electrons. The first-order valence-electron chi connectivity index (χ1n) is 6.02. The largest absolute Gasteiger partial charge is 0.481 e. The Kier molecular flexibility index (Phi) is 5.55. The van der Waals surface area contributed by atoms with E-state index in [2.05, 4.69) is 31.9 Å². The van der Waals surface area contributed by atoms with Gasteiger partial charge in [-0.05, 0) is 50.1 Å². The number of hydrogen-bond acceptors (Lipinski definition) is 3. The van der Waals surface area contributed by atoms with Gasteiger partial charge in [0.15, 0.2) is 0 Å². The quantitative estimate of drug-likeness (QED) is 0.761. The number of carboxylic acids is 1. The Morgan fingerprint density at radius 2 is 1.86 bits per heavy atom. The Morgan fingerprint density at radius 1 is 1.19 bits per heavy atom. The van der Waals surface area contributed by atoms with Crippen LogP contribution in [0.15, 0.2) is 44.7 Å². The Balaban J connectivity index is 2.30. The number of rotatable bonds is 5. The monoisotopic (exact) mass is 431 g/mol. The summed E-state index contributed by atoms with van der Waals surface area (Å²) in [5.41, 5.74) is 0.685. The number of carbonyl (C=O) groups is 2. The van der Waals surface area contributed by atoms with Crippen LogP contribution >= 0.6 is 43.2 Å². The summed E-state index contributed by atoms with van der Waals surface area (Å²) < 4.78 is 1.64. The van der Waals surface area contributed by atoms with Gasteiger partial charge in [-0.25, -0.2) is 0 Å². The number of anilines is 1. The van der Waals surface area contributed by atoms with E-state index < -0.39 is 5.97 Å². The smallest absolute Gasteiger partial charge is 0.305 e. The van der Waals surface area contributed by atoms with E-state index in [9.17, 15) is 9.59 Å². The summed E-state index contributed by atoms with van der Waals surface area (Å²) in [4.78, 5) is 25.5. The van der Waals surface area contributed by atoms with Crippen molar-refractivity contribution in [2.75, 3.05) is 11.4 Å². The fourth-order valence-electron chi connectivity index (χ4n) is 1.75. The van der Waals surface area contributed by atoms with Crippen LogP contribution in [0.1, 0.15) is 16.1 Å². The average molecular weight is 433 g/mol. The second-order valence-electron chi connectivity index (χ2n) is 4.17. The molecule has 0 saturated carbocycles. The molecule has 0 bridgehead atoms. The van der Waals surface area contributed by atoms with E-state index >= 15 is 0 Å². The van der Waals surface area contributed by atoms with Crippen LogP contribution in [-0.2, 0) is 4.79 Å². The fourth-order valence-corrected chi connectivity index (χ4v) is 3.73. The molecule has 0 aliphatic rings. The predicted octanol–water partition coefficient (Wildman–Crippen LogP) is 4.39. The van der Waals surface area contributed by atoms with Crippen molar-refractivity contribution in [2.24, 2.45) is 0 Å². The number of carboxylic acid groups (broad SMARTS) is 1. The zero-order valence-electron chi connectivity index (χ0n) is 10.8. The molecule has 2 rings (SSSR count). The molecule has 1 aromatic carbocycles. The van der Waals surface area contributed by atoms with Gasteiger partial charge in [0.1, 0.15) is 0 Å². The number of halogens is 2. The fraction of sp³-hybridized carbons (Fsp3) is 0.143. The van der Waals surface area contributed by atoms with Crippen molar-refractivity contribution >= 4 is 60.8 Å². The van der Waals surface area contributed by atoms with Crippen LogP contribution in [0.25, 0.3) is 0 Å². The van der Waals surface area contributed by atoms with Crippen molar-refractivity contribution in [3.8, 4) is 0 Å². The van der Waals surface area contributed by atoms with Gasteiger partial charge < -0.3 is 10.0 Å². The lowest BCUT2D eigenvalue weighted by molar-refractivity contribution is -0.136. The first-order valence-corrected chi connectivity index (χ1v) is 8.43. The van der Waals surface area contributed by atoms with E-state index in [-0.39, 0.29) is 18.9 Å². The lowest BCUT2D eigenvalue weighted by atomic mass is 10.2. The lowest BCUT2D eigenvalue weighted by Gasteiger charge is -2.21. The number of thiophene rings is 1. The van der Waals surface area contributed by atoms with E-state index in [1.807, 2.05) is 18.2 Å². The SMILES string of the molecule is O=C(O)CCN(C(=O)c1cc(Br)c(Br)s1)c1ccccc1. The summed E-state index contributed by atoms with van der Waals surface area (Å²) in [7, 11) is 0. The molecule has 1 aromatic heterocycles. The highest BCUT2D eigenvalue weighted by Crippen LogP contribution is 2.33. The summed E-state index contributed by atoms with van der Waals surface area (Å²) in [5.74, 6) is -1.14. The molecule has 0 aliphatic heterocycles. The second kappa shape index (κ2) is 7.20. The molecule has 1 heterocycles. The van der Waals surface area contributed by atoms with E-state index in [0.717, 1.165) is 8.26 Å². The van der Waals surface area contributed by atoms with Crippen LogP contribution in [0.5, 0.6) is 0 Å². The van der Waals surface area contributed by atoms with Gasteiger partial charge in [0.25, 0.3) is 5.91 Å². The maximum atomic E-state index is 12.6. The molecule has 110 valence electrons. The summed E-state index contributed by atoms with van der Waals surface area (Å²) in [6.45, 7) is 0.130. The van der Waals surface area contributed by atoms with Crippen molar-refractivity contribution in [1.82, 2.24) is 0 Å². The van der Waals surface area contributed by atoms with Crippen LogP contribution < -0.4 is 4.90 Å². The minimum absolute atomic E-state index is 0.103. The average Bonchev–Trinajstić information content (AvgIpc) is 2.79. The zero-order valence-corrected chi connectivity index (χ0v) is 14.7. The molecule has 2 aromatic rings. The van der Waals surface area contributed by atoms with Gasteiger partial charge in [-0.15, -0.1) is 11.3 Å². The third-order valence-electron chi connectivity index (χ3n) is 2.72. The van der Waals surface area contributed by atoms with Crippen molar-refractivity contribution in [3.63, 3.8) is 0 Å². The number of hydrogen-bond donors (Lipinski definition) is 1. The standard InChI is InChI=1S/C14H11Br2NO3S/c15-10-8-11(21-13(10)16)14(20)17(7-6-12(18)19)9-4-2-1-3-5-9/h1-5,8H,6-7H2,(H,18,19). The van der Waals surface area contributed by atoms with Crippen LogP contribution in [0.3, 0.4) is 0 Å². The van der Waals surface area contributed by atoms with Gasteiger partial charge in [-0.2, -0.15) is 0 Å². The summed E-state index contributed by atoms with van der Waals surface area (Å²) >= 11 is 8.02. The molecule has 7 heteroatoms. The molecule has 0 saturated heterocycles. The Bertz CT molecular complexity index is 638. The Hall–Kier alpha value is -1.18. The Morgan fingerprint density at radius 3 is 2.38 bits per heavy atom. The number of aliphatic carboxylic acids is 1. The molecule has 1 amide bonds. The molecular weight excluding hydrogens is 422 g/mol. The van der Waals surface area contributed by atoms with E-state index in [0.29, 0.717) is 10.6 Å². The van der Waals surface area contributed by atoms with Crippen LogP contribution in [-0.4, -0.2) is 23.5 Å². The minimum Gasteiger partial charge on any atom is -0.481 e. The van der Waals surface area contributed by atoms with Crippen LogP contribution in [0, 0.1) is 0 Å². The highest BCUT2D eigenvalue weighted by atomic mass is 79.9. The summed E-state index contributed by atoms with van der Waals surface area (Å²) in [6.07, 6.45) is -0.103. The molecule has 0 atom stereocenters. The summed E-state index contributed by atoms with van der Waals surface area (Å²) in [5, 5.41) is 8.86. The highest BCUT2D eigenvalue weighted by molar-refractivity contribution is 9.13. The van der Waals surface area contributed by atoms with Crippen LogP contribution in [0.4, 0.5) is 5.69 Å². The van der Waals surface area contributed by atoms with Gasteiger partial charge in [0, 0.05) is 16.7 Å². The van der Waals surface area contributed by atoms with Crippen molar-refractivity contribution < 1.29 is 14.7 Å². The van der Waals surface area contributed by atoms with E-state index in [1.54, 1.807) is 18.2 Å². The third kappa shape index (κ3) is 4.15. The normalized spacial score (nSPS) is 10.4. The first-order chi connectivity index (χ1) is 9.99. The van der Waals surface area contributed by atoms with Gasteiger partial charge in [-0.3, -0.25) is 9.59 Å². The van der Waals surface area contributed by atoms with Crippen LogP contribution in [0.2, 0.25) is 0 Å². The van der Waals surface area contributed by atoms with Gasteiger partial charge in [0.05, 0.1) is 15.1 Å². The molecule has 0 fully saturated rings. The van der Waals surface area contributed by atoms with Crippen molar-refractivity contribution in [3.05, 3.63) is 49.5 Å². The van der Waals surface area contributed by atoms with E-state index in [1.165, 1.54) is 16.2 Å².